The molecule has 240 valence electrons. The molecule has 1 unspecified atom stereocenters. The number of β-lactam (4-membered cyclic amide) rings is 1. The lowest BCUT2D eigenvalue weighted by Crippen LogP contribution is -2.71. The Hall–Kier alpha value is -4.59. The number of nitrogens with zero attached hydrogens (tertiary/aromatic N) is 1. The third-order valence-electron chi connectivity index (χ3n) is 7.30. The summed E-state index contributed by atoms with van der Waals surface area (Å²) in [6, 6.07) is 31.6. The van der Waals surface area contributed by atoms with E-state index in [0.717, 1.165) is 16.7 Å². The number of hydrogen-bond donors (Lipinski definition) is 1. The summed E-state index contributed by atoms with van der Waals surface area (Å²) in [6.07, 6.45) is -0.878. The zero-order valence-electron chi connectivity index (χ0n) is 24.5. The normalized spacial score (nSPS) is 17.4. The molecule has 6 rings (SSSR count). The molecule has 1 N–H and O–H groups in total. The Balaban J connectivity index is 1.29. The summed E-state index contributed by atoms with van der Waals surface area (Å²) in [5, 5.41) is 1.95. The van der Waals surface area contributed by atoms with Crippen molar-refractivity contribution in [1.82, 2.24) is 10.2 Å². The second-order valence-corrected chi connectivity index (χ2v) is 14.0. The smallest absolute Gasteiger partial charge is 0.359 e. The van der Waals surface area contributed by atoms with Crippen molar-refractivity contribution in [3.05, 3.63) is 142 Å². The van der Waals surface area contributed by atoms with Crippen molar-refractivity contribution in [2.24, 2.45) is 0 Å². The second-order valence-electron chi connectivity index (χ2n) is 10.4. The number of amides is 2. The fourth-order valence-corrected chi connectivity index (χ4v) is 7.61. The molecular formula is C34H27BrN2O8S2. The molecule has 2 aliphatic rings. The van der Waals surface area contributed by atoms with Crippen molar-refractivity contribution in [2.45, 2.75) is 22.4 Å². The topological polar surface area (TPSA) is 128 Å². The van der Waals surface area contributed by atoms with Crippen LogP contribution in [0.4, 0.5) is 0 Å². The van der Waals surface area contributed by atoms with Crippen LogP contribution in [0.2, 0.25) is 0 Å². The maximum Gasteiger partial charge on any atom is 0.359 e. The molecule has 2 aliphatic heterocycles. The van der Waals surface area contributed by atoms with Crippen LogP contribution in [0.5, 0.6) is 5.75 Å². The van der Waals surface area contributed by atoms with Gasteiger partial charge in [-0.05, 0) is 47.5 Å². The van der Waals surface area contributed by atoms with Gasteiger partial charge in [0.2, 0.25) is 0 Å². The van der Waals surface area contributed by atoms with Gasteiger partial charge in [-0.1, -0.05) is 94.8 Å². The summed E-state index contributed by atoms with van der Waals surface area (Å²) in [5.41, 5.74) is 0.984. The first-order valence-electron chi connectivity index (χ1n) is 14.4. The van der Waals surface area contributed by atoms with Crippen molar-refractivity contribution in [2.75, 3.05) is 12.4 Å². The van der Waals surface area contributed by atoms with Gasteiger partial charge in [-0.2, -0.15) is 8.42 Å². The monoisotopic (exact) mass is 734 g/mol. The third kappa shape index (κ3) is 7.22. The maximum atomic E-state index is 14.1. The van der Waals surface area contributed by atoms with Gasteiger partial charge < -0.3 is 19.0 Å². The molecule has 1 fully saturated rings. The molecule has 2 heterocycles. The highest BCUT2D eigenvalue weighted by Gasteiger charge is 2.55. The number of halogens is 1. The van der Waals surface area contributed by atoms with Crippen LogP contribution in [0.1, 0.15) is 17.2 Å². The predicted octanol–water partition coefficient (Wildman–Crippen LogP) is 5.18. The van der Waals surface area contributed by atoms with E-state index >= 15 is 0 Å². The quantitative estimate of drug-likeness (QED) is 0.126. The highest BCUT2D eigenvalue weighted by molar-refractivity contribution is 9.10. The number of benzene rings is 4. The van der Waals surface area contributed by atoms with E-state index in [0.29, 0.717) is 21.3 Å². The van der Waals surface area contributed by atoms with E-state index in [4.69, 9.17) is 13.7 Å². The van der Waals surface area contributed by atoms with Crippen LogP contribution in [0.15, 0.2) is 136 Å². The van der Waals surface area contributed by atoms with Crippen LogP contribution in [0, 0.1) is 0 Å². The number of nitrogens with one attached hydrogen (secondary N) is 1. The van der Waals surface area contributed by atoms with Crippen LogP contribution in [0.25, 0.3) is 0 Å². The van der Waals surface area contributed by atoms with Crippen molar-refractivity contribution in [3.63, 3.8) is 0 Å². The van der Waals surface area contributed by atoms with E-state index in [9.17, 15) is 22.8 Å². The van der Waals surface area contributed by atoms with E-state index in [-0.39, 0.29) is 28.7 Å². The van der Waals surface area contributed by atoms with Crippen LogP contribution in [-0.4, -0.2) is 54.9 Å². The number of carbonyl (C=O) groups is 3. The minimum Gasteiger partial charge on any atom is -0.484 e. The number of rotatable bonds is 11. The number of ether oxygens (including phenoxy) is 2. The number of hydrogen-bond acceptors (Lipinski definition) is 9. The van der Waals surface area contributed by atoms with Gasteiger partial charge in [0.05, 0.1) is 5.75 Å². The first kappa shape index (κ1) is 32.4. The average molecular weight is 736 g/mol. The first-order valence-corrected chi connectivity index (χ1v) is 17.6. The van der Waals surface area contributed by atoms with Crippen LogP contribution in [-0.2, 0) is 33.4 Å². The summed E-state index contributed by atoms with van der Waals surface area (Å²) in [4.78, 5) is 41.4. The predicted molar refractivity (Wildman–Crippen MR) is 177 cm³/mol. The van der Waals surface area contributed by atoms with E-state index in [2.05, 4.69) is 21.2 Å². The summed E-state index contributed by atoms with van der Waals surface area (Å²) in [6.45, 7) is -0.328. The number of para-hydroxylation sites is 1. The largest absolute Gasteiger partial charge is 0.484 e. The van der Waals surface area contributed by atoms with Gasteiger partial charge in [0.15, 0.2) is 24.2 Å². The lowest BCUT2D eigenvalue weighted by atomic mass is 10.0. The molecule has 4 aromatic rings. The van der Waals surface area contributed by atoms with Crippen molar-refractivity contribution in [3.8, 4) is 5.75 Å². The molecule has 2 atom stereocenters. The number of thioether (sulfide) groups is 1. The number of fused-ring (bicyclic) bond motifs is 1. The molecule has 1 saturated heterocycles. The lowest BCUT2D eigenvalue weighted by molar-refractivity contribution is -0.155. The average Bonchev–Trinajstić information content (AvgIpc) is 3.09. The molecule has 0 aliphatic carbocycles. The van der Waals surface area contributed by atoms with E-state index in [1.807, 2.05) is 18.2 Å². The van der Waals surface area contributed by atoms with E-state index in [1.54, 1.807) is 84.9 Å². The molecule has 0 radical (unpaired) electrons. The Morgan fingerprint density at radius 2 is 1.45 bits per heavy atom. The summed E-state index contributed by atoms with van der Waals surface area (Å²) < 4.78 is 44.4. The van der Waals surface area contributed by atoms with Crippen LogP contribution < -0.4 is 10.1 Å². The molecule has 10 nitrogen and oxygen atoms in total. The van der Waals surface area contributed by atoms with Gasteiger partial charge in [0.25, 0.3) is 11.8 Å². The Labute approximate surface area is 284 Å². The van der Waals surface area contributed by atoms with Gasteiger partial charge in [0, 0.05) is 4.47 Å². The maximum absolute atomic E-state index is 14.1. The minimum absolute atomic E-state index is 0.0944. The van der Waals surface area contributed by atoms with Crippen LogP contribution >= 0.6 is 27.7 Å². The van der Waals surface area contributed by atoms with Gasteiger partial charge in [-0.25, -0.2) is 4.79 Å². The Morgan fingerprint density at radius 1 is 0.872 bits per heavy atom. The van der Waals surface area contributed by atoms with E-state index in [1.165, 1.54) is 12.1 Å². The fourth-order valence-electron chi connectivity index (χ4n) is 5.05. The summed E-state index contributed by atoms with van der Waals surface area (Å²) >= 11 is 4.43. The molecule has 2 amide bonds. The molecule has 0 aromatic heterocycles. The Kier molecular flexibility index (Phi) is 9.66. The van der Waals surface area contributed by atoms with E-state index < -0.39 is 45.4 Å². The van der Waals surface area contributed by atoms with Crippen molar-refractivity contribution < 1.29 is 36.5 Å². The zero-order valence-corrected chi connectivity index (χ0v) is 27.7. The zero-order chi connectivity index (χ0) is 33.0. The molecular weight excluding hydrogens is 708 g/mol. The standard InChI is InChI=1S/C34H27BrN2O8S2/c35-24-16-18-26(19-17-24)47(41,42)45-27-21-46-33-29(36-28(38)20-43-25-14-8-3-9-15-25)32(39)37(33)30(27)34(40)44-31(22-10-4-1-5-11-22)23-12-6-2-7-13-23/h1-19,29,31,33H,20-21H2,(H,36,38)/t29?,33-/m1/s1. The molecule has 0 spiro atoms. The minimum atomic E-state index is -4.40. The van der Waals surface area contributed by atoms with Gasteiger partial charge >= 0.3 is 16.1 Å². The first-order chi connectivity index (χ1) is 22.7. The highest BCUT2D eigenvalue weighted by atomic mass is 79.9. The highest BCUT2D eigenvalue weighted by Crippen LogP contribution is 2.42. The molecule has 0 bridgehead atoms. The molecule has 4 aromatic carbocycles. The van der Waals surface area contributed by atoms with Gasteiger partial charge in [-0.15, -0.1) is 11.8 Å². The Bertz CT molecular complexity index is 1870. The van der Waals surface area contributed by atoms with Crippen molar-refractivity contribution >= 4 is 55.6 Å². The fraction of sp³-hybridized carbons (Fsp3) is 0.147. The summed E-state index contributed by atoms with van der Waals surface area (Å²) in [5.74, 6) is -1.98. The lowest BCUT2D eigenvalue weighted by Gasteiger charge is -2.49. The SMILES string of the molecule is O=C(COc1ccccc1)NC1C(=O)N2C(C(=O)OC(c3ccccc3)c3ccccc3)=C(OS(=O)(=O)c3ccc(Br)cc3)CS[C@H]12. The number of esters is 1. The second kappa shape index (κ2) is 14.0. The Morgan fingerprint density at radius 3 is 2.04 bits per heavy atom. The van der Waals surface area contributed by atoms with Gasteiger partial charge in [0.1, 0.15) is 22.1 Å². The molecule has 13 heteroatoms. The van der Waals surface area contributed by atoms with Crippen molar-refractivity contribution in [1.29, 1.82) is 0 Å². The molecule has 0 saturated carbocycles. The summed E-state index contributed by atoms with van der Waals surface area (Å²) in [7, 11) is -4.40. The third-order valence-corrected chi connectivity index (χ3v) is 10.4. The van der Waals surface area contributed by atoms with Crippen LogP contribution in [0.3, 0.4) is 0 Å². The van der Waals surface area contributed by atoms with Gasteiger partial charge in [-0.3, -0.25) is 14.5 Å². The molecule has 47 heavy (non-hydrogen) atoms. The number of carbonyl (C=O) groups excluding carboxylic acids is 3.